The van der Waals surface area contributed by atoms with Crippen LogP contribution in [0.2, 0.25) is 0 Å². The predicted octanol–water partition coefficient (Wildman–Crippen LogP) is 3.61. The van der Waals surface area contributed by atoms with Gasteiger partial charge in [0.2, 0.25) is 5.56 Å². The second kappa shape index (κ2) is 8.27. The minimum atomic E-state index is -0.0743. The predicted molar refractivity (Wildman–Crippen MR) is 134 cm³/mol. The van der Waals surface area contributed by atoms with Gasteiger partial charge in [-0.05, 0) is 50.1 Å². The van der Waals surface area contributed by atoms with Crippen LogP contribution >= 0.6 is 0 Å². The Hall–Kier alpha value is -4.25. The van der Waals surface area contributed by atoms with Gasteiger partial charge in [-0.1, -0.05) is 12.1 Å². The number of aliphatic imine (C=N–C) groups is 1. The fraction of sp³-hybridized carbons (Fsp3) is 0.269. The van der Waals surface area contributed by atoms with E-state index in [0.29, 0.717) is 17.9 Å². The number of rotatable bonds is 4. The summed E-state index contributed by atoms with van der Waals surface area (Å²) in [7, 11) is 1.75. The number of aromatic nitrogens is 3. The average molecular weight is 452 g/mol. The van der Waals surface area contributed by atoms with Crippen molar-refractivity contribution in [3.63, 3.8) is 0 Å². The van der Waals surface area contributed by atoms with Crippen LogP contribution in [0.3, 0.4) is 0 Å². The number of hydrogen-bond donors (Lipinski definition) is 1. The van der Waals surface area contributed by atoms with Crippen molar-refractivity contribution in [2.24, 2.45) is 12.0 Å². The molecule has 2 aliphatic heterocycles. The molecule has 5 rings (SSSR count). The van der Waals surface area contributed by atoms with E-state index in [9.17, 15) is 10.1 Å². The van der Waals surface area contributed by atoms with Gasteiger partial charge in [-0.25, -0.2) is 9.97 Å². The summed E-state index contributed by atoms with van der Waals surface area (Å²) in [5.74, 6) is 3.08. The smallest absolute Gasteiger partial charge is 0.250 e. The Balaban J connectivity index is 1.63. The summed E-state index contributed by atoms with van der Waals surface area (Å²) in [6.07, 6.45) is 3.89. The van der Waals surface area contributed by atoms with Crippen LogP contribution in [-0.2, 0) is 7.05 Å². The van der Waals surface area contributed by atoms with Crippen molar-refractivity contribution >= 4 is 29.1 Å². The molecule has 1 aromatic carbocycles. The van der Waals surface area contributed by atoms with Crippen molar-refractivity contribution in [1.82, 2.24) is 14.5 Å². The van der Waals surface area contributed by atoms with E-state index in [0.717, 1.165) is 51.8 Å². The normalized spacial score (nSPS) is 15.1. The molecule has 8 heteroatoms. The highest BCUT2D eigenvalue weighted by Crippen LogP contribution is 2.38. The summed E-state index contributed by atoms with van der Waals surface area (Å²) in [5, 5.41) is 13.0. The molecule has 0 fully saturated rings. The maximum atomic E-state index is 12.0. The minimum absolute atomic E-state index is 0.0594. The highest BCUT2D eigenvalue weighted by atomic mass is 16.1. The van der Waals surface area contributed by atoms with Crippen molar-refractivity contribution < 1.29 is 0 Å². The molecular weight excluding hydrogens is 426 g/mol. The van der Waals surface area contributed by atoms with Crippen LogP contribution in [0.15, 0.2) is 46.3 Å². The summed E-state index contributed by atoms with van der Waals surface area (Å²) in [6.45, 7) is 7.34. The fourth-order valence-corrected chi connectivity index (χ4v) is 4.60. The fourth-order valence-electron chi connectivity index (χ4n) is 4.60. The molecule has 1 atom stereocenters. The van der Waals surface area contributed by atoms with Crippen molar-refractivity contribution in [2.75, 3.05) is 23.3 Å². The van der Waals surface area contributed by atoms with E-state index in [1.54, 1.807) is 17.7 Å². The van der Waals surface area contributed by atoms with Crippen molar-refractivity contribution in [3.8, 4) is 6.07 Å². The number of benzene rings is 1. The molecule has 0 unspecified atom stereocenters. The topological polar surface area (TPSA) is 99.2 Å². The average Bonchev–Trinajstić information content (AvgIpc) is 3.31. The van der Waals surface area contributed by atoms with Gasteiger partial charge in [0.1, 0.15) is 23.3 Å². The number of pyridine rings is 1. The lowest BCUT2D eigenvalue weighted by Gasteiger charge is -2.29. The molecular formula is C26H25N7O. The SMILES string of the molecule is Cc1nc(N[C@H](C)c2cccc(C#N)c2C)c2c(n1)N1CCN=C1C(c1ccc(=O)n(C)c1)=C2. The van der Waals surface area contributed by atoms with E-state index in [1.165, 1.54) is 0 Å². The maximum Gasteiger partial charge on any atom is 0.250 e. The van der Waals surface area contributed by atoms with E-state index in [2.05, 4.69) is 29.3 Å². The van der Waals surface area contributed by atoms with Crippen molar-refractivity contribution in [3.05, 3.63) is 80.5 Å². The molecule has 0 bridgehead atoms. The lowest BCUT2D eigenvalue weighted by molar-refractivity contribution is 0.853. The number of nitrogens with one attached hydrogen (secondary N) is 1. The molecule has 0 spiro atoms. The zero-order valence-corrected chi connectivity index (χ0v) is 19.6. The first-order valence-electron chi connectivity index (χ1n) is 11.2. The first-order valence-corrected chi connectivity index (χ1v) is 11.2. The Kier molecular flexibility index (Phi) is 5.25. The largest absolute Gasteiger partial charge is 0.363 e. The monoisotopic (exact) mass is 451 g/mol. The molecule has 0 saturated carbocycles. The van der Waals surface area contributed by atoms with E-state index < -0.39 is 0 Å². The molecule has 2 aliphatic rings. The number of amidine groups is 1. The van der Waals surface area contributed by atoms with Crippen LogP contribution in [0, 0.1) is 25.2 Å². The summed E-state index contributed by atoms with van der Waals surface area (Å²) in [6, 6.07) is 11.4. The number of anilines is 2. The van der Waals surface area contributed by atoms with Gasteiger partial charge in [0.15, 0.2) is 0 Å². The Labute approximate surface area is 197 Å². The van der Waals surface area contributed by atoms with E-state index in [1.807, 2.05) is 44.3 Å². The molecule has 0 amide bonds. The van der Waals surface area contributed by atoms with Crippen LogP contribution in [0.4, 0.5) is 11.6 Å². The summed E-state index contributed by atoms with van der Waals surface area (Å²) in [5.41, 5.74) is 5.35. The van der Waals surface area contributed by atoms with Crippen LogP contribution < -0.4 is 15.8 Å². The Morgan fingerprint density at radius 1 is 1.18 bits per heavy atom. The highest BCUT2D eigenvalue weighted by molar-refractivity contribution is 6.36. The molecule has 4 heterocycles. The van der Waals surface area contributed by atoms with E-state index in [4.69, 9.17) is 15.0 Å². The molecule has 0 saturated heterocycles. The van der Waals surface area contributed by atoms with Crippen molar-refractivity contribution in [1.29, 1.82) is 5.26 Å². The number of hydrogen-bond acceptors (Lipinski definition) is 7. The van der Waals surface area contributed by atoms with Gasteiger partial charge in [-0.2, -0.15) is 5.26 Å². The second-order valence-electron chi connectivity index (χ2n) is 8.64. The molecule has 0 radical (unpaired) electrons. The van der Waals surface area contributed by atoms with Gasteiger partial charge in [-0.3, -0.25) is 9.79 Å². The Bertz CT molecular complexity index is 1480. The Morgan fingerprint density at radius 3 is 2.76 bits per heavy atom. The molecule has 8 nitrogen and oxygen atoms in total. The van der Waals surface area contributed by atoms with Crippen LogP contribution in [0.25, 0.3) is 11.6 Å². The van der Waals surface area contributed by atoms with Crippen LogP contribution in [-0.4, -0.2) is 33.5 Å². The number of nitrogens with zero attached hydrogens (tertiary/aromatic N) is 6. The first-order chi connectivity index (χ1) is 16.4. The van der Waals surface area contributed by atoms with Gasteiger partial charge in [0, 0.05) is 37.0 Å². The lowest BCUT2D eigenvalue weighted by Crippen LogP contribution is -2.33. The summed E-state index contributed by atoms with van der Waals surface area (Å²) in [4.78, 5) is 28.3. The summed E-state index contributed by atoms with van der Waals surface area (Å²) < 4.78 is 1.57. The first kappa shape index (κ1) is 21.6. The maximum absolute atomic E-state index is 12.0. The van der Waals surface area contributed by atoms with Gasteiger partial charge < -0.3 is 14.8 Å². The third-order valence-electron chi connectivity index (χ3n) is 6.38. The standard InChI is InChI=1S/C26H25N7O/c1-15-18(13-27)6-5-7-20(15)16(2)29-24-22-12-21(19-8-9-23(34)32(4)14-19)25-28-10-11-33(25)26(22)31-17(3)30-24/h5-9,12,14,16H,10-11H2,1-4H3,(H,29,30,31)/t16-/m1/s1. The number of fused-ring (bicyclic) bond motifs is 3. The Morgan fingerprint density at radius 2 is 2.00 bits per heavy atom. The number of aryl methyl sites for hydroxylation is 2. The second-order valence-corrected chi connectivity index (χ2v) is 8.64. The molecule has 170 valence electrons. The molecule has 34 heavy (non-hydrogen) atoms. The van der Waals surface area contributed by atoms with Gasteiger partial charge in [0.05, 0.1) is 29.8 Å². The minimum Gasteiger partial charge on any atom is -0.363 e. The van der Waals surface area contributed by atoms with Gasteiger partial charge in [-0.15, -0.1) is 0 Å². The van der Waals surface area contributed by atoms with Gasteiger partial charge in [0.25, 0.3) is 0 Å². The molecule has 3 aromatic rings. The number of nitriles is 1. The third kappa shape index (κ3) is 3.55. The highest BCUT2D eigenvalue weighted by Gasteiger charge is 2.32. The third-order valence-corrected chi connectivity index (χ3v) is 6.38. The van der Waals surface area contributed by atoms with E-state index >= 15 is 0 Å². The molecule has 0 aliphatic carbocycles. The van der Waals surface area contributed by atoms with Crippen LogP contribution in [0.1, 0.15) is 46.6 Å². The summed E-state index contributed by atoms with van der Waals surface area (Å²) >= 11 is 0. The zero-order valence-electron chi connectivity index (χ0n) is 19.6. The molecule has 2 aromatic heterocycles. The lowest BCUT2D eigenvalue weighted by atomic mass is 9.97. The van der Waals surface area contributed by atoms with Crippen LogP contribution in [0.5, 0.6) is 0 Å². The van der Waals surface area contributed by atoms with Crippen molar-refractivity contribution in [2.45, 2.75) is 26.8 Å². The van der Waals surface area contributed by atoms with E-state index in [-0.39, 0.29) is 11.6 Å². The molecule has 1 N–H and O–H groups in total. The zero-order chi connectivity index (χ0) is 24.0. The quantitative estimate of drug-likeness (QED) is 0.651. The van der Waals surface area contributed by atoms with Gasteiger partial charge >= 0.3 is 0 Å².